The molecule has 1 rings (SSSR count). The number of alkyl halides is 2. The lowest BCUT2D eigenvalue weighted by Crippen LogP contribution is -2.25. The summed E-state index contributed by atoms with van der Waals surface area (Å²) in [6.45, 7) is -2.33. The van der Waals surface area contributed by atoms with E-state index in [1.807, 2.05) is 0 Å². The first-order chi connectivity index (χ1) is 9.11. The molecule has 0 saturated heterocycles. The van der Waals surface area contributed by atoms with Gasteiger partial charge in [-0.25, -0.2) is 0 Å². The number of carbonyl (C=O) groups excluding carboxylic acids is 1. The average Bonchev–Trinajstić information content (AvgIpc) is 2.37. The lowest BCUT2D eigenvalue weighted by Gasteiger charge is -2.06. The first-order valence-corrected chi connectivity index (χ1v) is 6.03. The summed E-state index contributed by atoms with van der Waals surface area (Å²) in [6.07, 6.45) is 1.38. The molecule has 4 nitrogen and oxygen atoms in total. The predicted octanol–water partition coefficient (Wildman–Crippen LogP) is 1.72. The maximum absolute atomic E-state index is 11.9. The van der Waals surface area contributed by atoms with Gasteiger partial charge in [0.25, 0.3) is 0 Å². The Morgan fingerprint density at radius 3 is 2.58 bits per heavy atom. The van der Waals surface area contributed by atoms with Crippen LogP contribution in [0.15, 0.2) is 24.3 Å². The second-order valence-electron chi connectivity index (χ2n) is 3.95. The highest BCUT2D eigenvalue weighted by Crippen LogP contribution is 2.15. The van der Waals surface area contributed by atoms with Crippen molar-refractivity contribution in [3.8, 4) is 5.75 Å². The van der Waals surface area contributed by atoms with E-state index in [0.29, 0.717) is 25.8 Å². The van der Waals surface area contributed by atoms with Crippen molar-refractivity contribution in [1.82, 2.24) is 5.32 Å². The van der Waals surface area contributed by atoms with E-state index < -0.39 is 6.61 Å². The molecule has 0 spiro atoms. The van der Waals surface area contributed by atoms with Crippen LogP contribution in [0.2, 0.25) is 0 Å². The molecule has 0 radical (unpaired) electrons. The van der Waals surface area contributed by atoms with Gasteiger partial charge in [0, 0.05) is 19.6 Å². The topological polar surface area (TPSA) is 58.6 Å². The fourth-order valence-electron chi connectivity index (χ4n) is 1.49. The summed E-state index contributed by atoms with van der Waals surface area (Å²) in [6, 6.07) is 6.20. The van der Waals surface area contributed by atoms with Crippen LogP contribution in [0.25, 0.3) is 0 Å². The Hall–Kier alpha value is -1.69. The number of hydrogen-bond donors (Lipinski definition) is 2. The Kier molecular flexibility index (Phi) is 6.81. The highest BCUT2D eigenvalue weighted by atomic mass is 19.3. The monoisotopic (exact) mass is 273 g/mol. The standard InChI is InChI=1S/C13H17F2NO3/c14-13(15)19-11-5-2-10(3-6-11)4-7-12(18)16-8-1-9-17/h2-3,5-6,13,17H,1,4,7-9H2,(H,16,18). The quantitative estimate of drug-likeness (QED) is 0.709. The van der Waals surface area contributed by atoms with Crippen molar-refractivity contribution >= 4 is 5.91 Å². The molecule has 1 aromatic rings. The normalized spacial score (nSPS) is 10.5. The summed E-state index contributed by atoms with van der Waals surface area (Å²) < 4.78 is 28.1. The SMILES string of the molecule is O=C(CCc1ccc(OC(F)F)cc1)NCCCO. The zero-order valence-electron chi connectivity index (χ0n) is 10.4. The van der Waals surface area contributed by atoms with E-state index >= 15 is 0 Å². The van der Waals surface area contributed by atoms with Crippen molar-refractivity contribution in [1.29, 1.82) is 0 Å². The van der Waals surface area contributed by atoms with Crippen LogP contribution in [0.4, 0.5) is 8.78 Å². The van der Waals surface area contributed by atoms with Crippen LogP contribution in [-0.4, -0.2) is 30.8 Å². The number of rotatable bonds is 8. The fourth-order valence-corrected chi connectivity index (χ4v) is 1.49. The number of nitrogens with one attached hydrogen (secondary N) is 1. The van der Waals surface area contributed by atoms with Gasteiger partial charge in [0.1, 0.15) is 5.75 Å². The van der Waals surface area contributed by atoms with E-state index in [2.05, 4.69) is 10.1 Å². The number of benzene rings is 1. The number of ether oxygens (including phenoxy) is 1. The molecular formula is C13H17F2NO3. The molecule has 0 aliphatic heterocycles. The van der Waals surface area contributed by atoms with Gasteiger partial charge in [-0.3, -0.25) is 4.79 Å². The lowest BCUT2D eigenvalue weighted by atomic mass is 10.1. The molecule has 0 heterocycles. The molecule has 0 bridgehead atoms. The largest absolute Gasteiger partial charge is 0.435 e. The highest BCUT2D eigenvalue weighted by molar-refractivity contribution is 5.76. The first-order valence-electron chi connectivity index (χ1n) is 6.03. The van der Waals surface area contributed by atoms with Crippen molar-refractivity contribution in [2.24, 2.45) is 0 Å². The van der Waals surface area contributed by atoms with E-state index in [-0.39, 0.29) is 18.3 Å². The van der Waals surface area contributed by atoms with Crippen LogP contribution in [0.3, 0.4) is 0 Å². The summed E-state index contributed by atoms with van der Waals surface area (Å²) in [4.78, 5) is 11.4. The molecule has 1 amide bonds. The molecule has 106 valence electrons. The summed E-state index contributed by atoms with van der Waals surface area (Å²) in [5.41, 5.74) is 0.874. The number of aliphatic hydroxyl groups excluding tert-OH is 1. The molecule has 0 atom stereocenters. The van der Waals surface area contributed by atoms with Gasteiger partial charge in [-0.1, -0.05) is 12.1 Å². The third-order valence-electron chi connectivity index (χ3n) is 2.45. The van der Waals surface area contributed by atoms with Crippen LogP contribution in [0, 0.1) is 0 Å². The summed E-state index contributed by atoms with van der Waals surface area (Å²) in [7, 11) is 0. The Balaban J connectivity index is 2.31. The van der Waals surface area contributed by atoms with Crippen LogP contribution < -0.4 is 10.1 Å². The molecule has 19 heavy (non-hydrogen) atoms. The predicted molar refractivity (Wildman–Crippen MR) is 66.1 cm³/mol. The number of carbonyl (C=O) groups is 1. The molecule has 0 unspecified atom stereocenters. The van der Waals surface area contributed by atoms with E-state index in [9.17, 15) is 13.6 Å². The number of aliphatic hydroxyl groups is 1. The Labute approximate surface area is 110 Å². The van der Waals surface area contributed by atoms with E-state index in [0.717, 1.165) is 5.56 Å². The zero-order valence-corrected chi connectivity index (χ0v) is 10.4. The number of hydrogen-bond acceptors (Lipinski definition) is 3. The van der Waals surface area contributed by atoms with Gasteiger partial charge in [-0.15, -0.1) is 0 Å². The van der Waals surface area contributed by atoms with Crippen molar-refractivity contribution in [3.05, 3.63) is 29.8 Å². The molecule has 6 heteroatoms. The third kappa shape index (κ3) is 6.71. The van der Waals surface area contributed by atoms with Crippen LogP contribution in [0.1, 0.15) is 18.4 Å². The minimum Gasteiger partial charge on any atom is -0.435 e. The van der Waals surface area contributed by atoms with Gasteiger partial charge >= 0.3 is 6.61 Å². The van der Waals surface area contributed by atoms with Gasteiger partial charge in [0.15, 0.2) is 0 Å². The van der Waals surface area contributed by atoms with Crippen molar-refractivity contribution < 1.29 is 23.4 Å². The summed E-state index contributed by atoms with van der Waals surface area (Å²) in [5.74, 6) is 0.00695. The second kappa shape index (κ2) is 8.42. The van der Waals surface area contributed by atoms with Crippen LogP contribution in [0.5, 0.6) is 5.75 Å². The third-order valence-corrected chi connectivity index (χ3v) is 2.45. The Morgan fingerprint density at radius 1 is 1.32 bits per heavy atom. The fraction of sp³-hybridized carbons (Fsp3) is 0.462. The molecule has 0 saturated carbocycles. The summed E-state index contributed by atoms with van der Waals surface area (Å²) in [5, 5.41) is 11.2. The Morgan fingerprint density at radius 2 is 2.00 bits per heavy atom. The number of aryl methyl sites for hydroxylation is 1. The first kappa shape index (κ1) is 15.4. The van der Waals surface area contributed by atoms with E-state index in [1.165, 1.54) is 12.1 Å². The smallest absolute Gasteiger partial charge is 0.387 e. The number of halogens is 2. The van der Waals surface area contributed by atoms with Gasteiger partial charge in [0.05, 0.1) is 0 Å². The maximum atomic E-state index is 11.9. The molecule has 0 aliphatic carbocycles. The van der Waals surface area contributed by atoms with Crippen molar-refractivity contribution in [2.45, 2.75) is 25.9 Å². The number of amides is 1. The van der Waals surface area contributed by atoms with Crippen molar-refractivity contribution in [2.75, 3.05) is 13.2 Å². The highest BCUT2D eigenvalue weighted by Gasteiger charge is 2.05. The van der Waals surface area contributed by atoms with Gasteiger partial charge in [0.2, 0.25) is 5.91 Å². The van der Waals surface area contributed by atoms with E-state index in [1.54, 1.807) is 12.1 Å². The minimum absolute atomic E-state index is 0.0475. The second-order valence-corrected chi connectivity index (χ2v) is 3.95. The minimum atomic E-state index is -2.83. The Bertz CT molecular complexity index is 382. The van der Waals surface area contributed by atoms with Crippen molar-refractivity contribution in [3.63, 3.8) is 0 Å². The molecule has 0 fully saturated rings. The summed E-state index contributed by atoms with van der Waals surface area (Å²) >= 11 is 0. The van der Waals surface area contributed by atoms with Gasteiger partial charge in [-0.05, 0) is 30.5 Å². The van der Waals surface area contributed by atoms with E-state index in [4.69, 9.17) is 5.11 Å². The molecule has 0 aromatic heterocycles. The molecule has 1 aromatic carbocycles. The van der Waals surface area contributed by atoms with Crippen LogP contribution >= 0.6 is 0 Å². The zero-order chi connectivity index (χ0) is 14.1. The van der Waals surface area contributed by atoms with Gasteiger partial charge < -0.3 is 15.2 Å². The molecular weight excluding hydrogens is 256 g/mol. The molecule has 0 aliphatic rings. The van der Waals surface area contributed by atoms with Crippen LogP contribution in [-0.2, 0) is 11.2 Å². The molecule has 2 N–H and O–H groups in total. The lowest BCUT2D eigenvalue weighted by molar-refractivity contribution is -0.121. The average molecular weight is 273 g/mol. The van der Waals surface area contributed by atoms with Gasteiger partial charge in [-0.2, -0.15) is 8.78 Å². The maximum Gasteiger partial charge on any atom is 0.387 e.